The van der Waals surface area contributed by atoms with Crippen LogP contribution in [0.1, 0.15) is 67.7 Å². The number of benzene rings is 2. The van der Waals surface area contributed by atoms with E-state index in [1.807, 2.05) is 36.4 Å². The largest absolute Gasteiger partial charge is 0.192 e. The van der Waals surface area contributed by atoms with Gasteiger partial charge in [-0.1, -0.05) is 99.7 Å². The second-order valence-electron chi connectivity index (χ2n) is 6.71. The summed E-state index contributed by atoms with van der Waals surface area (Å²) < 4.78 is 0. The molecule has 134 valence electrons. The third kappa shape index (κ3) is 7.53. The lowest BCUT2D eigenvalue weighted by atomic mass is 10.0. The Morgan fingerprint density at radius 3 is 1.85 bits per heavy atom. The molecular formula is C25H29N. The Labute approximate surface area is 158 Å². The van der Waals surface area contributed by atoms with E-state index in [9.17, 15) is 0 Å². The second kappa shape index (κ2) is 11.9. The lowest BCUT2D eigenvalue weighted by molar-refractivity contribution is 0.607. The lowest BCUT2D eigenvalue weighted by Gasteiger charge is -2.02. The van der Waals surface area contributed by atoms with Gasteiger partial charge >= 0.3 is 0 Å². The molecule has 0 N–H and O–H groups in total. The number of hydrogen-bond acceptors (Lipinski definition) is 1. The van der Waals surface area contributed by atoms with Crippen LogP contribution >= 0.6 is 0 Å². The highest BCUT2D eigenvalue weighted by Crippen LogP contribution is 2.12. The van der Waals surface area contributed by atoms with Gasteiger partial charge < -0.3 is 0 Å². The van der Waals surface area contributed by atoms with Crippen molar-refractivity contribution in [3.63, 3.8) is 0 Å². The first-order chi connectivity index (χ1) is 12.8. The Bertz CT molecular complexity index is 727. The minimum Gasteiger partial charge on any atom is -0.192 e. The monoisotopic (exact) mass is 343 g/mol. The number of nitrogens with zero attached hydrogens (tertiary/aromatic N) is 1. The zero-order valence-corrected chi connectivity index (χ0v) is 15.8. The van der Waals surface area contributed by atoms with Crippen LogP contribution in [0.15, 0.2) is 60.7 Å². The number of aryl methyl sites for hydroxylation is 1. The Morgan fingerprint density at radius 1 is 0.731 bits per heavy atom. The smallest absolute Gasteiger partial charge is 0.0991 e. The van der Waals surface area contributed by atoms with Crippen molar-refractivity contribution < 1.29 is 0 Å². The van der Waals surface area contributed by atoms with Crippen molar-refractivity contribution in [1.29, 1.82) is 5.26 Å². The average molecular weight is 344 g/mol. The minimum absolute atomic E-state index is 0.693. The molecule has 0 saturated heterocycles. The van der Waals surface area contributed by atoms with E-state index in [2.05, 4.69) is 49.4 Å². The third-order valence-corrected chi connectivity index (χ3v) is 4.53. The lowest BCUT2D eigenvalue weighted by Crippen LogP contribution is -1.86. The van der Waals surface area contributed by atoms with Crippen molar-refractivity contribution in [2.75, 3.05) is 0 Å². The Hall–Kier alpha value is -2.59. The molecule has 0 spiro atoms. The maximum absolute atomic E-state index is 8.80. The third-order valence-electron chi connectivity index (χ3n) is 4.53. The predicted octanol–water partition coefficient (Wildman–Crippen LogP) is 7.19. The molecule has 2 rings (SSSR count). The van der Waals surface area contributed by atoms with Crippen LogP contribution < -0.4 is 0 Å². The van der Waals surface area contributed by atoms with Crippen molar-refractivity contribution in [2.24, 2.45) is 0 Å². The molecule has 26 heavy (non-hydrogen) atoms. The van der Waals surface area contributed by atoms with Crippen molar-refractivity contribution in [2.45, 2.75) is 51.9 Å². The van der Waals surface area contributed by atoms with Gasteiger partial charge in [0.25, 0.3) is 0 Å². The summed E-state index contributed by atoms with van der Waals surface area (Å²) in [5, 5.41) is 8.80. The zero-order valence-electron chi connectivity index (χ0n) is 15.8. The molecule has 0 aliphatic heterocycles. The standard InChI is InChI=1S/C25H29N/c1-2-3-4-5-6-7-10-22-13-15-23(16-14-22)11-8-9-12-24-17-19-25(21-26)20-18-24/h8-9,11-20H,2-7,10H2,1H3/b11-8+,12-9+. The Morgan fingerprint density at radius 2 is 1.27 bits per heavy atom. The fourth-order valence-corrected chi connectivity index (χ4v) is 2.91. The first kappa shape index (κ1) is 19.7. The van der Waals surface area contributed by atoms with Gasteiger partial charge in [0.2, 0.25) is 0 Å². The second-order valence-corrected chi connectivity index (χ2v) is 6.71. The van der Waals surface area contributed by atoms with Crippen molar-refractivity contribution in [1.82, 2.24) is 0 Å². The Balaban J connectivity index is 1.74. The number of rotatable bonds is 10. The number of nitriles is 1. The molecule has 1 nitrogen and oxygen atoms in total. The number of hydrogen-bond donors (Lipinski definition) is 0. The van der Waals surface area contributed by atoms with E-state index in [1.165, 1.54) is 56.1 Å². The molecule has 0 aromatic heterocycles. The van der Waals surface area contributed by atoms with Crippen LogP contribution in [-0.2, 0) is 6.42 Å². The highest BCUT2D eigenvalue weighted by atomic mass is 14.2. The molecule has 1 heteroatoms. The highest BCUT2D eigenvalue weighted by molar-refractivity contribution is 5.57. The van der Waals surface area contributed by atoms with E-state index in [-0.39, 0.29) is 0 Å². The van der Waals surface area contributed by atoms with E-state index in [4.69, 9.17) is 5.26 Å². The van der Waals surface area contributed by atoms with Gasteiger partial charge in [-0.05, 0) is 41.7 Å². The summed E-state index contributed by atoms with van der Waals surface area (Å²) in [6.07, 6.45) is 17.5. The van der Waals surface area contributed by atoms with E-state index in [0.29, 0.717) is 5.56 Å². The van der Waals surface area contributed by atoms with Gasteiger partial charge in [0, 0.05) is 0 Å². The van der Waals surface area contributed by atoms with Crippen LogP contribution in [0.25, 0.3) is 12.2 Å². The summed E-state index contributed by atoms with van der Waals surface area (Å²) >= 11 is 0. The van der Waals surface area contributed by atoms with Crippen LogP contribution in [0.2, 0.25) is 0 Å². The highest BCUT2D eigenvalue weighted by Gasteiger charge is 1.94. The van der Waals surface area contributed by atoms with Gasteiger partial charge in [-0.25, -0.2) is 0 Å². The predicted molar refractivity (Wildman–Crippen MR) is 113 cm³/mol. The molecule has 0 atom stereocenters. The van der Waals surface area contributed by atoms with Crippen molar-refractivity contribution >= 4 is 12.2 Å². The maximum atomic E-state index is 8.80. The summed E-state index contributed by atoms with van der Waals surface area (Å²) in [5.74, 6) is 0. The molecule has 0 bridgehead atoms. The summed E-state index contributed by atoms with van der Waals surface area (Å²) in [6.45, 7) is 2.26. The van der Waals surface area contributed by atoms with Gasteiger partial charge in [0.1, 0.15) is 0 Å². The molecule has 0 heterocycles. The Kier molecular flexibility index (Phi) is 9.01. The minimum atomic E-state index is 0.693. The first-order valence-corrected chi connectivity index (χ1v) is 9.75. The molecule has 0 aliphatic rings. The molecule has 0 fully saturated rings. The van der Waals surface area contributed by atoms with Crippen LogP contribution in [0.3, 0.4) is 0 Å². The van der Waals surface area contributed by atoms with Gasteiger partial charge in [-0.2, -0.15) is 5.26 Å². The van der Waals surface area contributed by atoms with E-state index >= 15 is 0 Å². The molecule has 0 unspecified atom stereocenters. The topological polar surface area (TPSA) is 23.8 Å². The average Bonchev–Trinajstić information content (AvgIpc) is 2.69. The molecule has 0 aliphatic carbocycles. The van der Waals surface area contributed by atoms with Crippen LogP contribution in [0.5, 0.6) is 0 Å². The van der Waals surface area contributed by atoms with Crippen LogP contribution in [0, 0.1) is 11.3 Å². The molecule has 0 radical (unpaired) electrons. The number of unbranched alkanes of at least 4 members (excludes halogenated alkanes) is 5. The van der Waals surface area contributed by atoms with Gasteiger partial charge in [0.05, 0.1) is 11.6 Å². The number of allylic oxidation sites excluding steroid dienone is 2. The quantitative estimate of drug-likeness (QED) is 0.331. The van der Waals surface area contributed by atoms with Crippen molar-refractivity contribution in [3.8, 4) is 6.07 Å². The molecule has 2 aromatic carbocycles. The van der Waals surface area contributed by atoms with Crippen LogP contribution in [0.4, 0.5) is 0 Å². The van der Waals surface area contributed by atoms with Crippen LogP contribution in [-0.4, -0.2) is 0 Å². The SMILES string of the molecule is CCCCCCCCc1ccc(/C=C/C=C/c2ccc(C#N)cc2)cc1. The van der Waals surface area contributed by atoms with Gasteiger partial charge in [0.15, 0.2) is 0 Å². The normalized spacial score (nSPS) is 11.2. The summed E-state index contributed by atoms with van der Waals surface area (Å²) in [4.78, 5) is 0. The fourth-order valence-electron chi connectivity index (χ4n) is 2.91. The van der Waals surface area contributed by atoms with E-state index in [1.54, 1.807) is 0 Å². The molecule has 0 saturated carbocycles. The van der Waals surface area contributed by atoms with Crippen molar-refractivity contribution in [3.05, 3.63) is 82.9 Å². The summed E-state index contributed by atoms with van der Waals surface area (Å²) in [5.41, 5.74) is 4.45. The maximum Gasteiger partial charge on any atom is 0.0991 e. The zero-order chi connectivity index (χ0) is 18.5. The molecule has 0 amide bonds. The van der Waals surface area contributed by atoms with E-state index in [0.717, 1.165) is 5.56 Å². The molecule has 2 aromatic rings. The van der Waals surface area contributed by atoms with E-state index < -0.39 is 0 Å². The molecular weight excluding hydrogens is 314 g/mol. The van der Waals surface area contributed by atoms with Gasteiger partial charge in [-0.3, -0.25) is 0 Å². The fraction of sp³-hybridized carbons (Fsp3) is 0.320. The first-order valence-electron chi connectivity index (χ1n) is 9.75. The summed E-state index contributed by atoms with van der Waals surface area (Å²) in [6, 6.07) is 18.6. The van der Waals surface area contributed by atoms with Gasteiger partial charge in [-0.15, -0.1) is 0 Å². The summed E-state index contributed by atoms with van der Waals surface area (Å²) in [7, 11) is 0.